The van der Waals surface area contributed by atoms with Crippen LogP contribution >= 0.6 is 0 Å². The molecule has 0 amide bonds. The third kappa shape index (κ3) is 1.34. The van der Waals surface area contributed by atoms with Gasteiger partial charge in [-0.1, -0.05) is 0 Å². The van der Waals surface area contributed by atoms with Crippen molar-refractivity contribution in [2.75, 3.05) is 0 Å². The largest absolute Gasteiger partial charge is 0.478 e. The van der Waals surface area contributed by atoms with E-state index in [-0.39, 0.29) is 5.56 Å². The molecule has 74 valence electrons. The Morgan fingerprint density at radius 1 is 1.53 bits per heavy atom. The van der Waals surface area contributed by atoms with Crippen molar-refractivity contribution in [2.24, 2.45) is 0 Å². The molecule has 2 N–H and O–H groups in total. The smallest absolute Gasteiger partial charge is 0.336 e. The quantitative estimate of drug-likeness (QED) is 0.739. The number of rotatable bonds is 1. The number of nitriles is 1. The number of carbonyl (C=O) groups is 1. The average Bonchev–Trinajstić information content (AvgIpc) is 2.58. The molecule has 4 nitrogen and oxygen atoms in total. The van der Waals surface area contributed by atoms with Crippen LogP contribution in [0.1, 0.15) is 21.5 Å². The van der Waals surface area contributed by atoms with Crippen molar-refractivity contribution in [3.8, 4) is 6.07 Å². The zero-order valence-electron chi connectivity index (χ0n) is 8.03. The normalized spacial score (nSPS) is 10.1. The number of aryl methyl sites for hydroxylation is 1. The first-order valence-electron chi connectivity index (χ1n) is 4.38. The van der Waals surface area contributed by atoms with E-state index in [2.05, 4.69) is 4.98 Å². The Morgan fingerprint density at radius 3 is 2.87 bits per heavy atom. The molecular formula is C11H8N2O2. The summed E-state index contributed by atoms with van der Waals surface area (Å²) in [5.41, 5.74) is 2.12. The molecule has 15 heavy (non-hydrogen) atoms. The fourth-order valence-electron chi connectivity index (χ4n) is 1.60. The van der Waals surface area contributed by atoms with Gasteiger partial charge in [0.1, 0.15) is 6.07 Å². The van der Waals surface area contributed by atoms with Crippen molar-refractivity contribution in [3.05, 3.63) is 35.0 Å². The Morgan fingerprint density at radius 2 is 2.27 bits per heavy atom. The van der Waals surface area contributed by atoms with Gasteiger partial charge in [-0.05, 0) is 24.6 Å². The molecule has 2 aromatic rings. The number of carboxylic acid groups (broad SMARTS) is 1. The molecule has 0 atom stereocenters. The lowest BCUT2D eigenvalue weighted by molar-refractivity contribution is 0.0696. The minimum absolute atomic E-state index is 0.258. The fraction of sp³-hybridized carbons (Fsp3) is 0.0909. The van der Waals surface area contributed by atoms with Gasteiger partial charge >= 0.3 is 5.97 Å². The highest BCUT2D eigenvalue weighted by Gasteiger charge is 2.11. The SMILES string of the molecule is Cc1cc2c(C#N)c[nH]c2cc1C(=O)O. The molecule has 2 rings (SSSR count). The second-order valence-corrected chi connectivity index (χ2v) is 3.33. The van der Waals surface area contributed by atoms with Gasteiger partial charge < -0.3 is 10.1 Å². The molecule has 0 aliphatic heterocycles. The Kier molecular flexibility index (Phi) is 1.94. The van der Waals surface area contributed by atoms with Gasteiger partial charge in [0.15, 0.2) is 0 Å². The van der Waals surface area contributed by atoms with Crippen molar-refractivity contribution in [2.45, 2.75) is 6.92 Å². The van der Waals surface area contributed by atoms with Crippen LogP contribution in [-0.2, 0) is 0 Å². The topological polar surface area (TPSA) is 76.9 Å². The Balaban J connectivity index is 2.79. The number of nitrogens with zero attached hydrogens (tertiary/aromatic N) is 1. The van der Waals surface area contributed by atoms with E-state index in [1.807, 2.05) is 6.07 Å². The van der Waals surface area contributed by atoms with Crippen LogP contribution in [0.3, 0.4) is 0 Å². The summed E-state index contributed by atoms with van der Waals surface area (Å²) in [4.78, 5) is 13.7. The molecule has 0 fully saturated rings. The minimum Gasteiger partial charge on any atom is -0.478 e. The second kappa shape index (κ2) is 3.14. The number of aromatic carboxylic acids is 1. The van der Waals surface area contributed by atoms with Gasteiger partial charge in [0.2, 0.25) is 0 Å². The summed E-state index contributed by atoms with van der Waals surface area (Å²) in [6, 6.07) is 5.31. The van der Waals surface area contributed by atoms with Crippen LogP contribution < -0.4 is 0 Å². The minimum atomic E-state index is -0.956. The van der Waals surface area contributed by atoms with E-state index in [4.69, 9.17) is 10.4 Å². The Bertz CT molecular complexity index is 590. The van der Waals surface area contributed by atoms with Gasteiger partial charge in [-0.25, -0.2) is 4.79 Å². The van der Waals surface area contributed by atoms with Crippen molar-refractivity contribution < 1.29 is 9.90 Å². The summed E-state index contributed by atoms with van der Waals surface area (Å²) in [5, 5.41) is 18.5. The maximum Gasteiger partial charge on any atom is 0.336 e. The van der Waals surface area contributed by atoms with Gasteiger partial charge in [-0.2, -0.15) is 5.26 Å². The molecule has 0 unspecified atom stereocenters. The summed E-state index contributed by atoms with van der Waals surface area (Å²) >= 11 is 0. The maximum atomic E-state index is 10.9. The summed E-state index contributed by atoms with van der Waals surface area (Å²) in [6.45, 7) is 1.72. The van der Waals surface area contributed by atoms with Crippen LogP contribution in [0.2, 0.25) is 0 Å². The third-order valence-corrected chi connectivity index (χ3v) is 2.38. The van der Waals surface area contributed by atoms with Crippen LogP contribution in [0, 0.1) is 18.3 Å². The molecule has 1 aromatic carbocycles. The zero-order valence-corrected chi connectivity index (χ0v) is 8.03. The molecule has 0 radical (unpaired) electrons. The number of fused-ring (bicyclic) bond motifs is 1. The first-order chi connectivity index (χ1) is 7.13. The molecule has 0 aliphatic rings. The molecule has 0 bridgehead atoms. The van der Waals surface area contributed by atoms with E-state index in [0.717, 1.165) is 5.39 Å². The van der Waals surface area contributed by atoms with Gasteiger partial charge in [0, 0.05) is 17.1 Å². The van der Waals surface area contributed by atoms with Crippen LogP contribution in [0.4, 0.5) is 0 Å². The van der Waals surface area contributed by atoms with E-state index in [1.165, 1.54) is 0 Å². The van der Waals surface area contributed by atoms with E-state index in [9.17, 15) is 4.79 Å². The molecule has 0 saturated heterocycles. The monoisotopic (exact) mass is 200 g/mol. The predicted octanol–water partition coefficient (Wildman–Crippen LogP) is 2.05. The molecular weight excluding hydrogens is 192 g/mol. The average molecular weight is 200 g/mol. The molecule has 0 aliphatic carbocycles. The van der Waals surface area contributed by atoms with Crippen molar-refractivity contribution in [1.29, 1.82) is 5.26 Å². The molecule has 1 heterocycles. The predicted molar refractivity (Wildman–Crippen MR) is 54.7 cm³/mol. The van der Waals surface area contributed by atoms with Crippen molar-refractivity contribution >= 4 is 16.9 Å². The van der Waals surface area contributed by atoms with Crippen LogP contribution in [0.15, 0.2) is 18.3 Å². The number of aromatic amines is 1. The number of H-pyrrole nitrogens is 1. The van der Waals surface area contributed by atoms with E-state index in [1.54, 1.807) is 25.3 Å². The zero-order chi connectivity index (χ0) is 11.0. The number of hydrogen-bond donors (Lipinski definition) is 2. The van der Waals surface area contributed by atoms with E-state index < -0.39 is 5.97 Å². The number of benzene rings is 1. The van der Waals surface area contributed by atoms with E-state index >= 15 is 0 Å². The van der Waals surface area contributed by atoms with Gasteiger partial charge in [-0.15, -0.1) is 0 Å². The van der Waals surface area contributed by atoms with Crippen LogP contribution in [0.5, 0.6) is 0 Å². The molecule has 4 heteroatoms. The fourth-order valence-corrected chi connectivity index (χ4v) is 1.60. The number of carboxylic acids is 1. The summed E-state index contributed by atoms with van der Waals surface area (Å²) in [6.07, 6.45) is 1.58. The second-order valence-electron chi connectivity index (χ2n) is 3.33. The van der Waals surface area contributed by atoms with E-state index in [0.29, 0.717) is 16.6 Å². The maximum absolute atomic E-state index is 10.9. The Labute approximate surface area is 85.8 Å². The molecule has 0 saturated carbocycles. The summed E-state index contributed by atoms with van der Waals surface area (Å²) in [7, 11) is 0. The van der Waals surface area contributed by atoms with Crippen molar-refractivity contribution in [1.82, 2.24) is 4.98 Å². The highest BCUT2D eigenvalue weighted by molar-refractivity contribution is 5.96. The summed E-state index contributed by atoms with van der Waals surface area (Å²) in [5.74, 6) is -0.956. The summed E-state index contributed by atoms with van der Waals surface area (Å²) < 4.78 is 0. The van der Waals surface area contributed by atoms with Gasteiger partial charge in [-0.3, -0.25) is 0 Å². The molecule has 0 spiro atoms. The Hall–Kier alpha value is -2.28. The lowest BCUT2D eigenvalue weighted by Crippen LogP contribution is -1.99. The number of hydrogen-bond acceptors (Lipinski definition) is 2. The standard InChI is InChI=1S/C11H8N2O2/c1-6-2-9-7(4-12)5-13-10(9)3-8(6)11(14)15/h2-3,5,13H,1H3,(H,14,15). The first-order valence-corrected chi connectivity index (χ1v) is 4.38. The lowest BCUT2D eigenvalue weighted by Gasteiger charge is -2.00. The number of nitrogens with one attached hydrogen (secondary N) is 1. The molecule has 1 aromatic heterocycles. The lowest BCUT2D eigenvalue weighted by atomic mass is 10.0. The highest BCUT2D eigenvalue weighted by atomic mass is 16.4. The van der Waals surface area contributed by atoms with Crippen LogP contribution in [-0.4, -0.2) is 16.1 Å². The first kappa shape index (κ1) is 9.28. The van der Waals surface area contributed by atoms with Crippen molar-refractivity contribution in [3.63, 3.8) is 0 Å². The van der Waals surface area contributed by atoms with Gasteiger partial charge in [0.25, 0.3) is 0 Å². The number of aromatic nitrogens is 1. The van der Waals surface area contributed by atoms with Crippen LogP contribution in [0.25, 0.3) is 10.9 Å². The van der Waals surface area contributed by atoms with Gasteiger partial charge in [0.05, 0.1) is 11.1 Å². The highest BCUT2D eigenvalue weighted by Crippen LogP contribution is 2.22. The third-order valence-electron chi connectivity index (χ3n) is 2.38.